The highest BCUT2D eigenvalue weighted by Crippen LogP contribution is 2.22. The van der Waals surface area contributed by atoms with Crippen LogP contribution in [0.4, 0.5) is 5.82 Å². The normalized spacial score (nSPS) is 12.0. The van der Waals surface area contributed by atoms with Crippen LogP contribution in [0.25, 0.3) is 22.2 Å². The number of hydrogen-bond acceptors (Lipinski definition) is 7. The van der Waals surface area contributed by atoms with Crippen molar-refractivity contribution in [2.75, 3.05) is 5.73 Å². The summed E-state index contributed by atoms with van der Waals surface area (Å²) in [6.07, 6.45) is 5.12. The third-order valence-corrected chi connectivity index (χ3v) is 6.89. The molecule has 0 aliphatic heterocycles. The van der Waals surface area contributed by atoms with Crippen molar-refractivity contribution >= 4 is 22.4 Å². The topological polar surface area (TPSA) is 121 Å². The summed E-state index contributed by atoms with van der Waals surface area (Å²) in [5, 5.41) is 8.39. The van der Waals surface area contributed by atoms with E-state index in [0.29, 0.717) is 46.0 Å². The van der Waals surface area contributed by atoms with Gasteiger partial charge in [-0.2, -0.15) is 0 Å². The Balaban J connectivity index is 1.45. The molecule has 3 N–H and O–H groups in total. The number of imidazole rings is 1. The van der Waals surface area contributed by atoms with Gasteiger partial charge in [-0.1, -0.05) is 30.2 Å². The molecule has 0 aliphatic rings. The first-order chi connectivity index (χ1) is 19.4. The lowest BCUT2D eigenvalue weighted by atomic mass is 10.1. The van der Waals surface area contributed by atoms with Crippen LogP contribution in [0.5, 0.6) is 0 Å². The third kappa shape index (κ3) is 4.38. The van der Waals surface area contributed by atoms with Gasteiger partial charge in [0.2, 0.25) is 0 Å². The predicted octanol–water partition coefficient (Wildman–Crippen LogP) is 3.30. The van der Waals surface area contributed by atoms with Crippen molar-refractivity contribution in [3.05, 3.63) is 112 Å². The molecule has 0 bridgehead atoms. The van der Waals surface area contributed by atoms with Gasteiger partial charge in [-0.15, -0.1) is 5.10 Å². The van der Waals surface area contributed by atoms with Crippen molar-refractivity contribution in [2.45, 2.75) is 26.4 Å². The Morgan fingerprint density at radius 1 is 1.07 bits per heavy atom. The number of anilines is 1. The average molecular weight is 530 g/mol. The summed E-state index contributed by atoms with van der Waals surface area (Å²) >= 11 is 0. The summed E-state index contributed by atoms with van der Waals surface area (Å²) in [7, 11) is 1.88. The van der Waals surface area contributed by atoms with Crippen molar-refractivity contribution < 1.29 is 0 Å². The molecule has 4 heterocycles. The highest BCUT2D eigenvalue weighted by Gasteiger charge is 2.21. The maximum absolute atomic E-state index is 14.2. The molecule has 40 heavy (non-hydrogen) atoms. The maximum Gasteiger partial charge on any atom is 0.267 e. The zero-order chi connectivity index (χ0) is 27.8. The van der Waals surface area contributed by atoms with Crippen LogP contribution in [0.2, 0.25) is 0 Å². The predicted molar refractivity (Wildman–Crippen MR) is 154 cm³/mol. The lowest BCUT2D eigenvalue weighted by Crippen LogP contribution is -2.30. The van der Waals surface area contributed by atoms with Crippen LogP contribution < -0.4 is 16.6 Å². The minimum Gasteiger partial charge on any atom is -0.382 e. The minimum atomic E-state index is -0.319. The molecule has 4 aromatic heterocycles. The van der Waals surface area contributed by atoms with Crippen molar-refractivity contribution in [1.29, 1.82) is 0 Å². The molecule has 0 radical (unpaired) electrons. The molecular formula is C30H27N9O. The summed E-state index contributed by atoms with van der Waals surface area (Å²) in [6.45, 7) is 4.32. The molecule has 1 unspecified atom stereocenters. The second kappa shape index (κ2) is 10.1. The van der Waals surface area contributed by atoms with Crippen molar-refractivity contribution in [2.24, 2.45) is 7.05 Å². The van der Waals surface area contributed by atoms with E-state index in [1.54, 1.807) is 27.8 Å². The number of rotatable bonds is 5. The van der Waals surface area contributed by atoms with Crippen LogP contribution >= 0.6 is 0 Å². The van der Waals surface area contributed by atoms with Crippen molar-refractivity contribution in [3.63, 3.8) is 0 Å². The standard InChI is InChI=1S/C30H27N9O/c1-19-14-15-33-29-24(27(31)36-39(19)29)17-34-20(2)28-35-25-11-7-8-21(12-13-23-16-32-18-37(23)3)26(25)30(40)38(28)22-9-5-4-6-10-22/h4-11,14-16,18,20,34H,17H2,1-3H3,(H2,31,36). The summed E-state index contributed by atoms with van der Waals surface area (Å²) < 4.78 is 5.22. The summed E-state index contributed by atoms with van der Waals surface area (Å²) in [4.78, 5) is 27.7. The molecule has 2 aromatic carbocycles. The summed E-state index contributed by atoms with van der Waals surface area (Å²) in [6, 6.07) is 16.6. The number of hydrogen-bond donors (Lipinski definition) is 2. The monoisotopic (exact) mass is 529 g/mol. The molecule has 0 fully saturated rings. The lowest BCUT2D eigenvalue weighted by Gasteiger charge is -2.20. The fourth-order valence-electron chi connectivity index (χ4n) is 4.72. The Morgan fingerprint density at radius 2 is 1.90 bits per heavy atom. The SMILES string of the molecule is Cc1ccnc2c(CNC(C)c3nc4cccc(C#Cc5cncn5C)c4c(=O)n3-c3ccccc3)c(N)nn12. The molecule has 0 saturated carbocycles. The Morgan fingerprint density at radius 3 is 2.67 bits per heavy atom. The van der Waals surface area contributed by atoms with Crippen molar-refractivity contribution in [1.82, 2.24) is 39.0 Å². The molecule has 0 amide bonds. The Hall–Kier alpha value is -5.27. The van der Waals surface area contributed by atoms with Crippen LogP contribution in [0, 0.1) is 18.8 Å². The van der Waals surface area contributed by atoms with Crippen LogP contribution in [0.1, 0.15) is 41.3 Å². The second-order valence-electron chi connectivity index (χ2n) is 9.57. The Kier molecular flexibility index (Phi) is 6.34. The molecule has 10 nitrogen and oxygen atoms in total. The van der Waals surface area contributed by atoms with Gasteiger partial charge in [-0.05, 0) is 50.1 Å². The first kappa shape index (κ1) is 25.0. The fraction of sp³-hybridized carbons (Fsp3) is 0.167. The zero-order valence-corrected chi connectivity index (χ0v) is 22.3. The molecule has 6 aromatic rings. The van der Waals surface area contributed by atoms with E-state index in [4.69, 9.17) is 10.7 Å². The van der Waals surface area contributed by atoms with E-state index in [-0.39, 0.29) is 11.6 Å². The van der Waals surface area contributed by atoms with Gasteiger partial charge >= 0.3 is 0 Å². The number of fused-ring (bicyclic) bond motifs is 2. The summed E-state index contributed by atoms with van der Waals surface area (Å²) in [5.74, 6) is 7.26. The highest BCUT2D eigenvalue weighted by molar-refractivity contribution is 5.85. The maximum atomic E-state index is 14.2. The fourth-order valence-corrected chi connectivity index (χ4v) is 4.72. The van der Waals surface area contributed by atoms with Gasteiger partial charge in [-0.3, -0.25) is 9.36 Å². The quantitative estimate of drug-likeness (QED) is 0.329. The minimum absolute atomic E-state index is 0.192. The zero-order valence-electron chi connectivity index (χ0n) is 22.3. The molecule has 0 spiro atoms. The van der Waals surface area contributed by atoms with E-state index in [1.165, 1.54) is 0 Å². The number of benzene rings is 2. The molecule has 6 rings (SSSR count). The number of para-hydroxylation sites is 1. The molecule has 0 saturated heterocycles. The van der Waals surface area contributed by atoms with Crippen LogP contribution in [-0.4, -0.2) is 33.7 Å². The van der Waals surface area contributed by atoms with Gasteiger partial charge in [0.05, 0.1) is 40.7 Å². The molecule has 1 atom stereocenters. The number of aryl methyl sites for hydroxylation is 2. The number of nitrogens with one attached hydrogen (secondary N) is 1. The van der Waals surface area contributed by atoms with E-state index in [1.807, 2.05) is 80.1 Å². The number of nitrogens with zero attached hydrogens (tertiary/aromatic N) is 7. The molecule has 198 valence electrons. The van der Waals surface area contributed by atoms with E-state index in [2.05, 4.69) is 32.2 Å². The second-order valence-corrected chi connectivity index (χ2v) is 9.57. The van der Waals surface area contributed by atoms with Crippen LogP contribution in [-0.2, 0) is 13.6 Å². The van der Waals surface area contributed by atoms with E-state index < -0.39 is 0 Å². The van der Waals surface area contributed by atoms with Gasteiger partial charge in [0.25, 0.3) is 5.56 Å². The van der Waals surface area contributed by atoms with Crippen LogP contribution in [0.3, 0.4) is 0 Å². The number of nitrogen functional groups attached to an aromatic ring is 1. The Labute approximate surface area is 230 Å². The van der Waals surface area contributed by atoms with Gasteiger partial charge in [0.15, 0.2) is 11.5 Å². The number of aromatic nitrogens is 7. The van der Waals surface area contributed by atoms with Gasteiger partial charge < -0.3 is 15.6 Å². The first-order valence-electron chi connectivity index (χ1n) is 12.8. The number of nitrogens with two attached hydrogens (primary N) is 1. The largest absolute Gasteiger partial charge is 0.382 e. The van der Waals surface area contributed by atoms with Crippen molar-refractivity contribution in [3.8, 4) is 17.5 Å². The van der Waals surface area contributed by atoms with E-state index in [0.717, 1.165) is 17.0 Å². The highest BCUT2D eigenvalue weighted by atomic mass is 16.1. The third-order valence-electron chi connectivity index (χ3n) is 6.89. The first-order valence-corrected chi connectivity index (χ1v) is 12.8. The lowest BCUT2D eigenvalue weighted by molar-refractivity contribution is 0.534. The average Bonchev–Trinajstić information content (AvgIpc) is 3.52. The van der Waals surface area contributed by atoms with Crippen LogP contribution in [0.15, 0.2) is 78.1 Å². The molecule has 10 heteroatoms. The van der Waals surface area contributed by atoms with E-state index in [9.17, 15) is 4.79 Å². The molecular weight excluding hydrogens is 502 g/mol. The smallest absolute Gasteiger partial charge is 0.267 e. The van der Waals surface area contributed by atoms with Gasteiger partial charge in [0, 0.05) is 31.0 Å². The van der Waals surface area contributed by atoms with E-state index >= 15 is 0 Å². The van der Waals surface area contributed by atoms with Gasteiger partial charge in [-0.25, -0.2) is 19.5 Å². The Bertz CT molecular complexity index is 1990. The summed E-state index contributed by atoms with van der Waals surface area (Å²) in [5.41, 5.74) is 11.1. The van der Waals surface area contributed by atoms with Gasteiger partial charge in [0.1, 0.15) is 11.5 Å². The molecule has 0 aliphatic carbocycles.